The summed E-state index contributed by atoms with van der Waals surface area (Å²) in [5.74, 6) is 0.891. The molecule has 1 saturated carbocycles. The lowest BCUT2D eigenvalue weighted by Gasteiger charge is -2.28. The fourth-order valence-electron chi connectivity index (χ4n) is 6.65. The highest BCUT2D eigenvalue weighted by Crippen LogP contribution is 2.45. The molecule has 0 amide bonds. The van der Waals surface area contributed by atoms with Crippen molar-refractivity contribution in [1.82, 2.24) is 38.7 Å². The van der Waals surface area contributed by atoms with E-state index in [4.69, 9.17) is 9.72 Å². The van der Waals surface area contributed by atoms with Crippen molar-refractivity contribution < 1.29 is 4.74 Å². The molecule has 0 saturated heterocycles. The summed E-state index contributed by atoms with van der Waals surface area (Å²) in [5, 5.41) is 20.1. The number of rotatable bonds is 5. The summed E-state index contributed by atoms with van der Waals surface area (Å²) in [6.45, 7) is 0. The van der Waals surface area contributed by atoms with Crippen LogP contribution in [0, 0.1) is 17.2 Å². The van der Waals surface area contributed by atoms with Crippen LogP contribution < -0.4 is 10.4 Å². The first kappa shape index (κ1) is 25.1. The van der Waals surface area contributed by atoms with E-state index in [0.717, 1.165) is 75.4 Å². The Morgan fingerprint density at radius 2 is 1.93 bits per heavy atom. The molecule has 0 atom stereocenters. The molecular formula is C30H31N9O2. The summed E-state index contributed by atoms with van der Waals surface area (Å²) in [6, 6.07) is 8.67. The van der Waals surface area contributed by atoms with Gasteiger partial charge < -0.3 is 9.72 Å². The zero-order valence-corrected chi connectivity index (χ0v) is 23.5. The molecule has 7 rings (SSSR count). The molecule has 5 heterocycles. The van der Waals surface area contributed by atoms with E-state index in [0.29, 0.717) is 23.9 Å². The van der Waals surface area contributed by atoms with Gasteiger partial charge in [-0.25, -0.2) is 9.78 Å². The van der Waals surface area contributed by atoms with Crippen LogP contribution in [0.4, 0.5) is 0 Å². The minimum absolute atomic E-state index is 0.0478. The normalized spacial score (nSPS) is 17.5. The smallest absolute Gasteiger partial charge is 0.329 e. The van der Waals surface area contributed by atoms with Crippen LogP contribution in [0.3, 0.4) is 0 Å². The van der Waals surface area contributed by atoms with E-state index in [-0.39, 0.29) is 11.7 Å². The minimum Gasteiger partial charge on any atom is -0.479 e. The van der Waals surface area contributed by atoms with Gasteiger partial charge in [-0.1, -0.05) is 6.07 Å². The Bertz CT molecular complexity index is 2050. The first-order chi connectivity index (χ1) is 19.9. The van der Waals surface area contributed by atoms with Gasteiger partial charge in [0.15, 0.2) is 0 Å². The summed E-state index contributed by atoms with van der Waals surface area (Å²) < 4.78 is 12.9. The van der Waals surface area contributed by atoms with E-state index in [1.165, 1.54) is 0 Å². The van der Waals surface area contributed by atoms with E-state index < -0.39 is 0 Å². The average Bonchev–Trinajstić information content (AvgIpc) is 3.72. The van der Waals surface area contributed by atoms with E-state index in [1.54, 1.807) is 22.6 Å². The lowest BCUT2D eigenvalue weighted by molar-refractivity contribution is 0.277. The second-order valence-electron chi connectivity index (χ2n) is 11.1. The van der Waals surface area contributed by atoms with Gasteiger partial charge in [0, 0.05) is 50.8 Å². The zero-order valence-electron chi connectivity index (χ0n) is 23.5. The summed E-state index contributed by atoms with van der Waals surface area (Å²) in [7, 11) is 7.23. The van der Waals surface area contributed by atoms with Crippen LogP contribution in [0.5, 0.6) is 5.88 Å². The maximum absolute atomic E-state index is 13.8. The van der Waals surface area contributed by atoms with Crippen LogP contribution in [-0.4, -0.2) is 45.8 Å². The van der Waals surface area contributed by atoms with Crippen molar-refractivity contribution in [2.45, 2.75) is 38.1 Å². The molecule has 0 spiro atoms. The van der Waals surface area contributed by atoms with Crippen LogP contribution >= 0.6 is 0 Å². The lowest BCUT2D eigenvalue weighted by Crippen LogP contribution is -2.28. The standard InChI is InChI=1S/C30H31N9O2/c1-36-16-21(29(35-36)41-4)26-24(18-7-10-22-19(13-18)14-33-38(22)3)25-27-23(15-32-28(25)34-26)37(2)30(40)39(27)20-8-5-17(6-9-20)11-12-31/h7,10,13-17,20H,5-6,8-9,11H2,1-4H3,(H,32,34). The van der Waals surface area contributed by atoms with Crippen LogP contribution in [0.15, 0.2) is 41.6 Å². The van der Waals surface area contributed by atoms with Gasteiger partial charge in [0.05, 0.1) is 58.8 Å². The van der Waals surface area contributed by atoms with Gasteiger partial charge in [-0.2, -0.15) is 10.4 Å². The second kappa shape index (κ2) is 9.37. The van der Waals surface area contributed by atoms with Crippen LogP contribution in [-0.2, 0) is 21.1 Å². The third-order valence-electron chi connectivity index (χ3n) is 8.72. The molecule has 6 aromatic rings. The fraction of sp³-hybridized carbons (Fsp3) is 0.367. The number of hydrogen-bond donors (Lipinski definition) is 1. The number of imidazole rings is 1. The molecule has 5 aromatic heterocycles. The van der Waals surface area contributed by atoms with Crippen molar-refractivity contribution in [2.75, 3.05) is 7.11 Å². The Morgan fingerprint density at radius 1 is 1.12 bits per heavy atom. The van der Waals surface area contributed by atoms with Crippen molar-refractivity contribution in [2.24, 2.45) is 27.1 Å². The Hall–Kier alpha value is -4.85. The molecule has 0 unspecified atom stereocenters. The number of nitrogens with one attached hydrogen (secondary N) is 1. The highest BCUT2D eigenvalue weighted by Gasteiger charge is 2.30. The average molecular weight is 550 g/mol. The van der Waals surface area contributed by atoms with Crippen LogP contribution in [0.2, 0.25) is 0 Å². The Morgan fingerprint density at radius 3 is 2.68 bits per heavy atom. The zero-order chi connectivity index (χ0) is 28.4. The molecule has 0 radical (unpaired) electrons. The highest BCUT2D eigenvalue weighted by molar-refractivity contribution is 6.15. The number of ether oxygens (including phenoxy) is 1. The Labute approximate surface area is 235 Å². The van der Waals surface area contributed by atoms with Crippen molar-refractivity contribution in [3.8, 4) is 34.3 Å². The number of fused-ring (bicyclic) bond motifs is 4. The molecule has 1 fully saturated rings. The number of nitriles is 1. The molecular weight excluding hydrogens is 518 g/mol. The molecule has 11 heteroatoms. The molecule has 1 aliphatic carbocycles. The van der Waals surface area contributed by atoms with Crippen molar-refractivity contribution >= 4 is 33.0 Å². The van der Waals surface area contributed by atoms with Gasteiger partial charge >= 0.3 is 5.69 Å². The van der Waals surface area contributed by atoms with E-state index in [2.05, 4.69) is 39.4 Å². The third-order valence-corrected chi connectivity index (χ3v) is 8.72. The SMILES string of the molecule is COc1nn(C)cc1-c1[nH]c2ncc3c(c2c1-c1ccc2c(cnn2C)c1)n(C1CCC(CC#N)CC1)c(=O)n3C. The van der Waals surface area contributed by atoms with Crippen molar-refractivity contribution in [3.05, 3.63) is 47.3 Å². The fourth-order valence-corrected chi connectivity index (χ4v) is 6.65. The summed E-state index contributed by atoms with van der Waals surface area (Å²) in [5.41, 5.74) is 6.89. The van der Waals surface area contributed by atoms with E-state index in [9.17, 15) is 10.1 Å². The number of pyridine rings is 1. The van der Waals surface area contributed by atoms with Crippen LogP contribution in [0.25, 0.3) is 55.4 Å². The third kappa shape index (κ3) is 3.78. The molecule has 1 aromatic carbocycles. The molecule has 208 valence electrons. The van der Waals surface area contributed by atoms with Gasteiger partial charge in [-0.3, -0.25) is 18.5 Å². The number of methoxy groups -OCH3 is 1. The molecule has 1 aliphatic rings. The summed E-state index contributed by atoms with van der Waals surface area (Å²) >= 11 is 0. The van der Waals surface area contributed by atoms with Crippen LogP contribution in [0.1, 0.15) is 38.1 Å². The monoisotopic (exact) mass is 549 g/mol. The van der Waals surface area contributed by atoms with E-state index >= 15 is 0 Å². The number of hydrogen-bond acceptors (Lipinski definition) is 6. The predicted octanol–water partition coefficient (Wildman–Crippen LogP) is 4.82. The molecule has 1 N–H and O–H groups in total. The van der Waals surface area contributed by atoms with Crippen molar-refractivity contribution in [3.63, 3.8) is 0 Å². The predicted molar refractivity (Wildman–Crippen MR) is 157 cm³/mol. The largest absolute Gasteiger partial charge is 0.479 e. The highest BCUT2D eigenvalue weighted by atomic mass is 16.5. The topological polar surface area (TPSA) is 124 Å². The van der Waals surface area contributed by atoms with E-state index in [1.807, 2.05) is 42.8 Å². The van der Waals surface area contributed by atoms with Gasteiger partial charge in [0.2, 0.25) is 5.88 Å². The number of benzene rings is 1. The molecule has 11 nitrogen and oxygen atoms in total. The van der Waals surface area contributed by atoms with Gasteiger partial charge in [-0.05, 0) is 49.3 Å². The molecule has 0 aliphatic heterocycles. The second-order valence-corrected chi connectivity index (χ2v) is 11.1. The minimum atomic E-state index is -0.0478. The first-order valence-corrected chi connectivity index (χ1v) is 13.9. The Kier molecular flexibility index (Phi) is 5.74. The van der Waals surface area contributed by atoms with Gasteiger partial charge in [-0.15, -0.1) is 5.10 Å². The molecule has 41 heavy (non-hydrogen) atoms. The number of nitrogens with zero attached hydrogens (tertiary/aromatic N) is 8. The quantitative estimate of drug-likeness (QED) is 0.329. The number of aromatic nitrogens is 8. The number of H-pyrrole nitrogens is 1. The first-order valence-electron chi connectivity index (χ1n) is 13.9. The van der Waals surface area contributed by atoms with Crippen molar-refractivity contribution in [1.29, 1.82) is 5.26 Å². The number of aromatic amines is 1. The summed E-state index contributed by atoms with van der Waals surface area (Å²) in [6.07, 6.45) is 9.74. The summed E-state index contributed by atoms with van der Waals surface area (Å²) in [4.78, 5) is 22.2. The lowest BCUT2D eigenvalue weighted by atomic mass is 9.84. The molecule has 0 bridgehead atoms. The maximum atomic E-state index is 13.8. The Balaban J connectivity index is 1.55. The van der Waals surface area contributed by atoms with Gasteiger partial charge in [0.1, 0.15) is 5.65 Å². The van der Waals surface area contributed by atoms with Gasteiger partial charge in [0.25, 0.3) is 0 Å². The number of aryl methyl sites for hydroxylation is 3. The maximum Gasteiger partial charge on any atom is 0.329 e.